The van der Waals surface area contributed by atoms with E-state index in [-0.39, 0.29) is 5.91 Å². The zero-order chi connectivity index (χ0) is 21.5. The second-order valence-corrected chi connectivity index (χ2v) is 9.02. The number of benzene rings is 2. The van der Waals surface area contributed by atoms with Gasteiger partial charge in [0.15, 0.2) is 0 Å². The number of amides is 1. The number of anilines is 1. The molecule has 0 spiro atoms. The fourth-order valence-electron chi connectivity index (χ4n) is 4.18. The van der Waals surface area contributed by atoms with Crippen molar-refractivity contribution in [2.45, 2.75) is 46.0 Å². The van der Waals surface area contributed by atoms with E-state index in [0.717, 1.165) is 44.8 Å². The summed E-state index contributed by atoms with van der Waals surface area (Å²) in [5.74, 6) is 0.863. The van der Waals surface area contributed by atoms with Crippen LogP contribution in [0.5, 0.6) is 0 Å². The summed E-state index contributed by atoms with van der Waals surface area (Å²) in [4.78, 5) is 17.6. The molecular weight excluding hydrogens is 370 g/mol. The van der Waals surface area contributed by atoms with Crippen molar-refractivity contribution in [3.05, 3.63) is 65.2 Å². The Hall–Kier alpha value is -2.17. The molecule has 2 aromatic rings. The first kappa shape index (κ1) is 22.5. The summed E-state index contributed by atoms with van der Waals surface area (Å²) >= 11 is 0. The molecule has 0 radical (unpaired) electrons. The number of carbonyl (C=O) groups excluding carboxylic acids is 1. The fourth-order valence-corrected chi connectivity index (χ4v) is 4.18. The zero-order valence-corrected chi connectivity index (χ0v) is 19.0. The molecule has 0 saturated carbocycles. The molecule has 0 unspecified atom stereocenters. The Morgan fingerprint density at radius 2 is 1.40 bits per heavy atom. The molecular formula is C26H37N3O. The van der Waals surface area contributed by atoms with Crippen LogP contribution in [0.15, 0.2) is 48.5 Å². The van der Waals surface area contributed by atoms with E-state index in [0.29, 0.717) is 18.4 Å². The summed E-state index contributed by atoms with van der Waals surface area (Å²) in [6, 6.07) is 17.0. The van der Waals surface area contributed by atoms with Crippen LogP contribution in [0, 0.1) is 0 Å². The molecule has 0 aliphatic carbocycles. The highest BCUT2D eigenvalue weighted by Crippen LogP contribution is 2.32. The minimum atomic E-state index is 0.0998. The Morgan fingerprint density at radius 3 is 1.97 bits per heavy atom. The van der Waals surface area contributed by atoms with E-state index in [9.17, 15) is 4.79 Å². The molecule has 0 aromatic heterocycles. The Kier molecular flexibility index (Phi) is 8.06. The van der Waals surface area contributed by atoms with Crippen LogP contribution in [0.25, 0.3) is 0 Å². The van der Waals surface area contributed by atoms with Gasteiger partial charge < -0.3 is 10.2 Å². The molecule has 4 nitrogen and oxygen atoms in total. The Bertz CT molecular complexity index is 782. The first-order valence-electron chi connectivity index (χ1n) is 11.4. The van der Waals surface area contributed by atoms with Crippen LogP contribution >= 0.6 is 0 Å². The van der Waals surface area contributed by atoms with Crippen molar-refractivity contribution in [3.8, 4) is 0 Å². The smallest absolute Gasteiger partial charge is 0.238 e. The molecule has 1 heterocycles. The van der Waals surface area contributed by atoms with Gasteiger partial charge in [-0.2, -0.15) is 0 Å². The van der Waals surface area contributed by atoms with E-state index >= 15 is 0 Å². The number of para-hydroxylation sites is 1. The fraction of sp³-hybridized carbons (Fsp3) is 0.500. The van der Waals surface area contributed by atoms with Gasteiger partial charge in [-0.15, -0.1) is 0 Å². The minimum absolute atomic E-state index is 0.0998. The number of nitrogens with zero attached hydrogens (tertiary/aromatic N) is 2. The Labute approximate surface area is 182 Å². The minimum Gasteiger partial charge on any atom is -0.324 e. The summed E-state index contributed by atoms with van der Waals surface area (Å²) in [7, 11) is 0. The van der Waals surface area contributed by atoms with Crippen molar-refractivity contribution in [3.63, 3.8) is 0 Å². The molecule has 1 amide bonds. The molecule has 162 valence electrons. The highest BCUT2D eigenvalue weighted by molar-refractivity contribution is 5.94. The third-order valence-electron chi connectivity index (χ3n) is 6.03. The molecule has 1 N–H and O–H groups in total. The Morgan fingerprint density at radius 1 is 0.833 bits per heavy atom. The molecule has 2 aromatic carbocycles. The van der Waals surface area contributed by atoms with Crippen LogP contribution < -0.4 is 5.32 Å². The number of piperazine rings is 1. The third kappa shape index (κ3) is 6.16. The van der Waals surface area contributed by atoms with E-state index < -0.39 is 0 Å². The zero-order valence-electron chi connectivity index (χ0n) is 19.0. The first-order valence-corrected chi connectivity index (χ1v) is 11.4. The van der Waals surface area contributed by atoms with Crippen molar-refractivity contribution in [2.75, 3.05) is 44.6 Å². The Balaban J connectivity index is 1.51. The van der Waals surface area contributed by atoms with Crippen molar-refractivity contribution in [1.29, 1.82) is 0 Å². The highest BCUT2D eigenvalue weighted by Gasteiger charge is 2.21. The maximum absolute atomic E-state index is 12.9. The summed E-state index contributed by atoms with van der Waals surface area (Å²) < 4.78 is 0. The van der Waals surface area contributed by atoms with Gasteiger partial charge in [0.25, 0.3) is 0 Å². The second-order valence-electron chi connectivity index (χ2n) is 9.02. The van der Waals surface area contributed by atoms with Gasteiger partial charge in [-0.3, -0.25) is 9.69 Å². The topological polar surface area (TPSA) is 35.6 Å². The monoisotopic (exact) mass is 407 g/mol. The number of hydrogen-bond donors (Lipinski definition) is 1. The molecule has 30 heavy (non-hydrogen) atoms. The SMILES string of the molecule is CC(C)c1cccc(C(C)C)c1NC(=O)CN1CCN(CCc2ccccc2)CC1. The lowest BCUT2D eigenvalue weighted by Crippen LogP contribution is -2.49. The standard InChI is InChI=1S/C26H37N3O/c1-20(2)23-11-8-12-24(21(3)4)26(23)27-25(30)19-29-17-15-28(16-18-29)14-13-22-9-6-5-7-10-22/h5-12,20-21H,13-19H2,1-4H3,(H,27,30). The summed E-state index contributed by atoms with van der Waals surface area (Å²) in [6.45, 7) is 14.2. The molecule has 4 heteroatoms. The predicted molar refractivity (Wildman–Crippen MR) is 126 cm³/mol. The average Bonchev–Trinajstić information content (AvgIpc) is 2.73. The van der Waals surface area contributed by atoms with Crippen LogP contribution in [0.2, 0.25) is 0 Å². The van der Waals surface area contributed by atoms with Crippen LogP contribution in [0.1, 0.15) is 56.2 Å². The van der Waals surface area contributed by atoms with Crippen molar-refractivity contribution >= 4 is 11.6 Å². The lowest BCUT2D eigenvalue weighted by Gasteiger charge is -2.34. The van der Waals surface area contributed by atoms with Crippen LogP contribution in [0.3, 0.4) is 0 Å². The van der Waals surface area contributed by atoms with E-state index in [1.807, 2.05) is 0 Å². The predicted octanol–water partition coefficient (Wildman–Crippen LogP) is 4.73. The molecule has 1 aliphatic rings. The van der Waals surface area contributed by atoms with Gasteiger partial charge in [0.2, 0.25) is 5.91 Å². The largest absolute Gasteiger partial charge is 0.324 e. The molecule has 1 fully saturated rings. The van der Waals surface area contributed by atoms with Crippen LogP contribution in [-0.2, 0) is 11.2 Å². The van der Waals surface area contributed by atoms with Crippen LogP contribution in [0.4, 0.5) is 5.69 Å². The lowest BCUT2D eigenvalue weighted by molar-refractivity contribution is -0.117. The van der Waals surface area contributed by atoms with Crippen molar-refractivity contribution in [2.24, 2.45) is 0 Å². The molecule has 0 atom stereocenters. The quantitative estimate of drug-likeness (QED) is 0.687. The maximum Gasteiger partial charge on any atom is 0.238 e. The average molecular weight is 408 g/mol. The van der Waals surface area contributed by atoms with Gasteiger partial charge >= 0.3 is 0 Å². The van der Waals surface area contributed by atoms with Crippen molar-refractivity contribution in [1.82, 2.24) is 9.80 Å². The van der Waals surface area contributed by atoms with Crippen molar-refractivity contribution < 1.29 is 4.79 Å². The van der Waals surface area contributed by atoms with E-state index in [2.05, 4.69) is 91.3 Å². The van der Waals surface area contributed by atoms with E-state index in [1.165, 1.54) is 16.7 Å². The van der Waals surface area contributed by atoms with Gasteiger partial charge in [0, 0.05) is 38.4 Å². The summed E-state index contributed by atoms with van der Waals surface area (Å²) in [5, 5.41) is 3.25. The van der Waals surface area contributed by atoms with E-state index in [4.69, 9.17) is 0 Å². The first-order chi connectivity index (χ1) is 14.4. The highest BCUT2D eigenvalue weighted by atomic mass is 16.2. The van der Waals surface area contributed by atoms with Crippen LogP contribution in [-0.4, -0.2) is 55.0 Å². The number of rotatable bonds is 8. The third-order valence-corrected chi connectivity index (χ3v) is 6.03. The molecule has 0 bridgehead atoms. The van der Waals surface area contributed by atoms with Gasteiger partial charge in [-0.25, -0.2) is 0 Å². The normalized spacial score (nSPS) is 15.7. The molecule has 1 saturated heterocycles. The number of hydrogen-bond acceptors (Lipinski definition) is 3. The van der Waals surface area contributed by atoms with Gasteiger partial charge in [-0.05, 0) is 34.9 Å². The van der Waals surface area contributed by atoms with E-state index in [1.54, 1.807) is 0 Å². The maximum atomic E-state index is 12.9. The molecule has 1 aliphatic heterocycles. The van der Waals surface area contributed by atoms with Gasteiger partial charge in [-0.1, -0.05) is 76.2 Å². The van der Waals surface area contributed by atoms with Gasteiger partial charge in [0.05, 0.1) is 6.54 Å². The number of nitrogens with one attached hydrogen (secondary N) is 1. The second kappa shape index (κ2) is 10.7. The molecule has 3 rings (SSSR count). The summed E-state index contributed by atoms with van der Waals surface area (Å²) in [6.07, 6.45) is 1.09. The summed E-state index contributed by atoms with van der Waals surface area (Å²) in [5.41, 5.74) is 4.86. The lowest BCUT2D eigenvalue weighted by atomic mass is 9.92. The number of carbonyl (C=O) groups is 1. The van der Waals surface area contributed by atoms with Gasteiger partial charge in [0.1, 0.15) is 0 Å².